The number of amides is 1. The predicted octanol–water partition coefficient (Wildman–Crippen LogP) is 2.72. The van der Waals surface area contributed by atoms with Crippen molar-refractivity contribution in [2.45, 2.75) is 19.3 Å². The van der Waals surface area contributed by atoms with E-state index in [0.717, 1.165) is 31.5 Å². The molecule has 0 unspecified atom stereocenters. The second-order valence-corrected chi connectivity index (χ2v) is 4.68. The van der Waals surface area contributed by atoms with E-state index in [1.54, 1.807) is 29.2 Å². The van der Waals surface area contributed by atoms with Crippen LogP contribution in [0.15, 0.2) is 35.1 Å². The maximum atomic E-state index is 11.9. The molecular weight excluding hydrogens is 258 g/mol. The number of rotatable bonds is 2. The lowest BCUT2D eigenvalue weighted by molar-refractivity contribution is 0.142. The monoisotopic (exact) mass is 273 g/mol. The lowest BCUT2D eigenvalue weighted by Crippen LogP contribution is -2.37. The summed E-state index contributed by atoms with van der Waals surface area (Å²) < 4.78 is 10.4. The molecule has 1 amide bonds. The summed E-state index contributed by atoms with van der Waals surface area (Å²) in [6, 6.07) is 7.02. The largest absolute Gasteiger partial charge is 0.423 e. The molecule has 0 aliphatic carbocycles. The van der Waals surface area contributed by atoms with Crippen LogP contribution in [-0.2, 0) is 0 Å². The fourth-order valence-electron chi connectivity index (χ4n) is 2.21. The quantitative estimate of drug-likeness (QED) is 0.841. The second-order valence-electron chi connectivity index (χ2n) is 4.68. The number of aromatic nitrogens is 2. The van der Waals surface area contributed by atoms with Crippen molar-refractivity contribution in [3.8, 4) is 17.2 Å². The van der Waals surface area contributed by atoms with E-state index in [9.17, 15) is 4.79 Å². The number of likely N-dealkylation sites (tertiary alicyclic amines) is 1. The molecule has 1 aliphatic heterocycles. The van der Waals surface area contributed by atoms with Crippen molar-refractivity contribution in [1.82, 2.24) is 15.1 Å². The first-order valence-electron chi connectivity index (χ1n) is 6.66. The van der Waals surface area contributed by atoms with Gasteiger partial charge in [-0.1, -0.05) is 0 Å². The van der Waals surface area contributed by atoms with E-state index in [0.29, 0.717) is 11.6 Å². The number of ether oxygens (including phenoxy) is 1. The summed E-state index contributed by atoms with van der Waals surface area (Å²) in [6.07, 6.45) is 4.27. The van der Waals surface area contributed by atoms with E-state index in [4.69, 9.17) is 9.15 Å². The number of hydrogen-bond donors (Lipinski definition) is 0. The van der Waals surface area contributed by atoms with Crippen molar-refractivity contribution in [3.05, 3.63) is 30.7 Å². The Hall–Kier alpha value is -2.37. The van der Waals surface area contributed by atoms with Crippen molar-refractivity contribution >= 4 is 6.09 Å². The number of piperidine rings is 1. The molecule has 1 aromatic heterocycles. The molecule has 1 saturated heterocycles. The van der Waals surface area contributed by atoms with Gasteiger partial charge in [-0.25, -0.2) is 4.79 Å². The third-order valence-electron chi connectivity index (χ3n) is 3.28. The Morgan fingerprint density at radius 1 is 1.15 bits per heavy atom. The van der Waals surface area contributed by atoms with Gasteiger partial charge >= 0.3 is 6.09 Å². The molecule has 2 aromatic rings. The summed E-state index contributed by atoms with van der Waals surface area (Å²) >= 11 is 0. The Morgan fingerprint density at radius 3 is 2.55 bits per heavy atom. The molecule has 3 rings (SSSR count). The molecule has 6 nitrogen and oxygen atoms in total. The van der Waals surface area contributed by atoms with E-state index in [1.165, 1.54) is 12.8 Å². The van der Waals surface area contributed by atoms with Crippen LogP contribution in [0.4, 0.5) is 4.79 Å². The molecule has 1 fully saturated rings. The molecule has 104 valence electrons. The fourth-order valence-corrected chi connectivity index (χ4v) is 2.21. The van der Waals surface area contributed by atoms with Gasteiger partial charge in [-0.05, 0) is 43.5 Å². The smallest absolute Gasteiger partial charge is 0.415 e. The van der Waals surface area contributed by atoms with E-state index in [1.807, 2.05) is 0 Å². The zero-order chi connectivity index (χ0) is 13.8. The van der Waals surface area contributed by atoms with Crippen LogP contribution in [-0.4, -0.2) is 34.3 Å². The molecule has 0 spiro atoms. The number of hydrogen-bond acceptors (Lipinski definition) is 5. The average Bonchev–Trinajstić information content (AvgIpc) is 3.03. The summed E-state index contributed by atoms with van der Waals surface area (Å²) in [5, 5.41) is 7.44. The highest BCUT2D eigenvalue weighted by Gasteiger charge is 2.18. The first-order chi connectivity index (χ1) is 9.83. The lowest BCUT2D eigenvalue weighted by atomic mass is 10.1. The standard InChI is InChI=1S/C14H15N3O3/c18-14(17-8-2-1-3-9-17)20-12-6-4-11(5-7-12)13-16-15-10-19-13/h4-7,10H,1-3,8-9H2. The van der Waals surface area contributed by atoms with E-state index in [2.05, 4.69) is 10.2 Å². The van der Waals surface area contributed by atoms with Crippen LogP contribution in [0.2, 0.25) is 0 Å². The van der Waals surface area contributed by atoms with Crippen molar-refractivity contribution in [2.75, 3.05) is 13.1 Å². The van der Waals surface area contributed by atoms with Crippen LogP contribution in [0, 0.1) is 0 Å². The normalized spacial score (nSPS) is 15.1. The van der Waals surface area contributed by atoms with E-state index in [-0.39, 0.29) is 6.09 Å². The Morgan fingerprint density at radius 2 is 1.90 bits per heavy atom. The van der Waals surface area contributed by atoms with Gasteiger partial charge in [-0.15, -0.1) is 10.2 Å². The highest BCUT2D eigenvalue weighted by atomic mass is 16.6. The minimum atomic E-state index is -0.282. The Labute approximate surface area is 116 Å². The third kappa shape index (κ3) is 2.79. The Balaban J connectivity index is 1.64. The molecule has 0 saturated carbocycles. The van der Waals surface area contributed by atoms with Crippen LogP contribution >= 0.6 is 0 Å². The highest BCUT2D eigenvalue weighted by Crippen LogP contribution is 2.21. The Bertz CT molecular complexity index is 560. The van der Waals surface area contributed by atoms with Crippen molar-refractivity contribution in [1.29, 1.82) is 0 Å². The van der Waals surface area contributed by atoms with Gasteiger partial charge in [-0.2, -0.15) is 0 Å². The molecule has 20 heavy (non-hydrogen) atoms. The van der Waals surface area contributed by atoms with Gasteiger partial charge in [0.1, 0.15) is 5.75 Å². The van der Waals surface area contributed by atoms with Crippen molar-refractivity contribution in [3.63, 3.8) is 0 Å². The molecule has 1 aromatic carbocycles. The van der Waals surface area contributed by atoms with E-state index >= 15 is 0 Å². The van der Waals surface area contributed by atoms with Crippen LogP contribution < -0.4 is 4.74 Å². The summed E-state index contributed by atoms with van der Waals surface area (Å²) in [4.78, 5) is 13.7. The number of carbonyl (C=O) groups is 1. The number of benzene rings is 1. The maximum absolute atomic E-state index is 11.9. The number of carbonyl (C=O) groups excluding carboxylic acids is 1. The summed E-state index contributed by atoms with van der Waals surface area (Å²) in [7, 11) is 0. The van der Waals surface area contributed by atoms with E-state index < -0.39 is 0 Å². The minimum absolute atomic E-state index is 0.282. The first-order valence-corrected chi connectivity index (χ1v) is 6.66. The molecule has 0 radical (unpaired) electrons. The van der Waals surface area contributed by atoms with Gasteiger partial charge < -0.3 is 14.1 Å². The number of nitrogens with zero attached hydrogens (tertiary/aromatic N) is 3. The van der Waals surface area contributed by atoms with Crippen LogP contribution in [0.25, 0.3) is 11.5 Å². The minimum Gasteiger partial charge on any atom is -0.423 e. The second kappa shape index (κ2) is 5.73. The molecule has 0 bridgehead atoms. The van der Waals surface area contributed by atoms with Crippen LogP contribution in [0.3, 0.4) is 0 Å². The van der Waals surface area contributed by atoms with Crippen molar-refractivity contribution < 1.29 is 13.9 Å². The van der Waals surface area contributed by atoms with Gasteiger partial charge in [0.05, 0.1) is 0 Å². The first kappa shape index (κ1) is 12.7. The van der Waals surface area contributed by atoms with Gasteiger partial charge in [0.15, 0.2) is 0 Å². The topological polar surface area (TPSA) is 68.5 Å². The SMILES string of the molecule is O=C(Oc1ccc(-c2nnco2)cc1)N1CCCCC1. The predicted molar refractivity (Wildman–Crippen MR) is 71.2 cm³/mol. The highest BCUT2D eigenvalue weighted by molar-refractivity contribution is 5.71. The molecule has 0 N–H and O–H groups in total. The lowest BCUT2D eigenvalue weighted by Gasteiger charge is -2.25. The van der Waals surface area contributed by atoms with Gasteiger partial charge in [0.2, 0.25) is 12.3 Å². The Kier molecular flexibility index (Phi) is 3.62. The third-order valence-corrected chi connectivity index (χ3v) is 3.28. The van der Waals surface area contributed by atoms with Crippen LogP contribution in [0.1, 0.15) is 19.3 Å². The average molecular weight is 273 g/mol. The molecular formula is C14H15N3O3. The zero-order valence-corrected chi connectivity index (χ0v) is 11.0. The van der Waals surface area contributed by atoms with Gasteiger partial charge in [0.25, 0.3) is 0 Å². The zero-order valence-electron chi connectivity index (χ0n) is 11.0. The van der Waals surface area contributed by atoms with Gasteiger partial charge in [0, 0.05) is 18.7 Å². The summed E-state index contributed by atoms with van der Waals surface area (Å²) in [5.41, 5.74) is 0.792. The molecule has 6 heteroatoms. The molecule has 0 atom stereocenters. The summed E-state index contributed by atoms with van der Waals surface area (Å²) in [5.74, 6) is 0.961. The van der Waals surface area contributed by atoms with Gasteiger partial charge in [-0.3, -0.25) is 0 Å². The summed E-state index contributed by atoms with van der Waals surface area (Å²) in [6.45, 7) is 1.55. The van der Waals surface area contributed by atoms with Crippen LogP contribution in [0.5, 0.6) is 5.75 Å². The maximum Gasteiger partial charge on any atom is 0.415 e. The molecule has 2 heterocycles. The molecule has 1 aliphatic rings. The van der Waals surface area contributed by atoms with Crippen molar-refractivity contribution in [2.24, 2.45) is 0 Å². The fraction of sp³-hybridized carbons (Fsp3) is 0.357.